The molecule has 0 amide bonds. The van der Waals surface area contributed by atoms with Crippen molar-refractivity contribution in [3.8, 4) is 11.5 Å². The molecule has 1 aromatic carbocycles. The van der Waals surface area contributed by atoms with Gasteiger partial charge >= 0.3 is 0 Å². The molecule has 0 fully saturated rings. The number of methoxy groups -OCH3 is 2. The minimum Gasteiger partial charge on any atom is -0.493 e. The Bertz CT molecular complexity index is 348. The number of hydrogen-bond acceptors (Lipinski definition) is 3. The van der Waals surface area contributed by atoms with E-state index in [4.69, 9.17) is 15.2 Å². The van der Waals surface area contributed by atoms with E-state index in [2.05, 4.69) is 6.92 Å². The summed E-state index contributed by atoms with van der Waals surface area (Å²) in [5.41, 5.74) is 8.25. The molecule has 0 radical (unpaired) electrons. The first-order valence-electron chi connectivity index (χ1n) is 5.55. The van der Waals surface area contributed by atoms with Gasteiger partial charge in [-0.2, -0.15) is 0 Å². The molecule has 0 saturated carbocycles. The second-order valence-electron chi connectivity index (χ2n) is 4.15. The molecule has 3 heteroatoms. The van der Waals surface area contributed by atoms with Gasteiger partial charge in [-0.1, -0.05) is 0 Å². The number of ether oxygens (including phenoxy) is 2. The smallest absolute Gasteiger partial charge is 0.161 e. The van der Waals surface area contributed by atoms with Crippen LogP contribution >= 0.6 is 0 Å². The summed E-state index contributed by atoms with van der Waals surface area (Å²) in [6.45, 7) is 4.11. The quantitative estimate of drug-likeness (QED) is 0.833. The van der Waals surface area contributed by atoms with Gasteiger partial charge in [0.25, 0.3) is 0 Å². The minimum atomic E-state index is 0.229. The first-order chi connectivity index (χ1) is 7.58. The number of benzene rings is 1. The summed E-state index contributed by atoms with van der Waals surface area (Å²) >= 11 is 0. The second kappa shape index (κ2) is 5.75. The fourth-order valence-corrected chi connectivity index (χ4v) is 1.68. The highest BCUT2D eigenvalue weighted by atomic mass is 16.5. The zero-order chi connectivity index (χ0) is 12.1. The lowest BCUT2D eigenvalue weighted by Gasteiger charge is -2.13. The van der Waals surface area contributed by atoms with Crippen molar-refractivity contribution in [1.82, 2.24) is 0 Å². The molecule has 1 unspecified atom stereocenters. The summed E-state index contributed by atoms with van der Waals surface area (Å²) in [5.74, 6) is 1.57. The molecule has 0 aliphatic carbocycles. The number of nitrogens with two attached hydrogens (primary N) is 1. The largest absolute Gasteiger partial charge is 0.493 e. The van der Waals surface area contributed by atoms with Gasteiger partial charge in [-0.25, -0.2) is 0 Å². The average Bonchev–Trinajstić information content (AvgIpc) is 2.26. The Morgan fingerprint density at radius 3 is 2.25 bits per heavy atom. The molecule has 1 atom stereocenters. The Labute approximate surface area is 97.6 Å². The van der Waals surface area contributed by atoms with Gasteiger partial charge in [-0.3, -0.25) is 0 Å². The summed E-state index contributed by atoms with van der Waals surface area (Å²) in [5, 5.41) is 0. The first-order valence-corrected chi connectivity index (χ1v) is 5.55. The fourth-order valence-electron chi connectivity index (χ4n) is 1.68. The van der Waals surface area contributed by atoms with Crippen molar-refractivity contribution in [2.75, 3.05) is 14.2 Å². The minimum absolute atomic E-state index is 0.229. The van der Waals surface area contributed by atoms with Gasteiger partial charge < -0.3 is 15.2 Å². The van der Waals surface area contributed by atoms with E-state index < -0.39 is 0 Å². The third-order valence-electron chi connectivity index (χ3n) is 2.71. The Kier molecular flexibility index (Phi) is 4.62. The number of aryl methyl sites for hydroxylation is 2. The van der Waals surface area contributed by atoms with Crippen molar-refractivity contribution >= 4 is 0 Å². The van der Waals surface area contributed by atoms with Crippen molar-refractivity contribution in [1.29, 1.82) is 0 Å². The van der Waals surface area contributed by atoms with Crippen molar-refractivity contribution < 1.29 is 9.47 Å². The summed E-state index contributed by atoms with van der Waals surface area (Å²) in [4.78, 5) is 0. The maximum Gasteiger partial charge on any atom is 0.161 e. The zero-order valence-electron chi connectivity index (χ0n) is 10.5. The molecular weight excluding hydrogens is 202 g/mol. The fraction of sp³-hybridized carbons (Fsp3) is 0.538. The standard InChI is InChI=1S/C13H21NO2/c1-9-7-12(15-3)13(16-4)8-11(9)6-5-10(2)14/h7-8,10H,5-6,14H2,1-4H3. The van der Waals surface area contributed by atoms with E-state index in [1.807, 2.05) is 19.1 Å². The van der Waals surface area contributed by atoms with E-state index >= 15 is 0 Å². The van der Waals surface area contributed by atoms with Gasteiger partial charge in [-0.05, 0) is 49.9 Å². The highest BCUT2D eigenvalue weighted by molar-refractivity contribution is 5.47. The Hall–Kier alpha value is -1.22. The molecule has 3 nitrogen and oxygen atoms in total. The van der Waals surface area contributed by atoms with Crippen LogP contribution in [-0.2, 0) is 6.42 Å². The molecule has 0 spiro atoms. The maximum absolute atomic E-state index is 5.76. The summed E-state index contributed by atoms with van der Waals surface area (Å²) in [7, 11) is 3.31. The van der Waals surface area contributed by atoms with Crippen molar-refractivity contribution in [3.63, 3.8) is 0 Å². The summed E-state index contributed by atoms with van der Waals surface area (Å²) < 4.78 is 10.5. The van der Waals surface area contributed by atoms with Crippen LogP contribution in [0.25, 0.3) is 0 Å². The van der Waals surface area contributed by atoms with Crippen molar-refractivity contribution in [3.05, 3.63) is 23.3 Å². The van der Waals surface area contributed by atoms with Crippen LogP contribution in [0.15, 0.2) is 12.1 Å². The molecule has 1 aromatic rings. The third kappa shape index (κ3) is 3.14. The van der Waals surface area contributed by atoms with E-state index in [0.717, 1.165) is 24.3 Å². The highest BCUT2D eigenvalue weighted by Gasteiger charge is 2.08. The lowest BCUT2D eigenvalue weighted by Crippen LogP contribution is -2.15. The van der Waals surface area contributed by atoms with Gasteiger partial charge in [0.15, 0.2) is 11.5 Å². The molecule has 90 valence electrons. The lowest BCUT2D eigenvalue weighted by molar-refractivity contribution is 0.354. The van der Waals surface area contributed by atoms with Gasteiger partial charge in [0.1, 0.15) is 0 Å². The number of rotatable bonds is 5. The van der Waals surface area contributed by atoms with E-state index in [9.17, 15) is 0 Å². The van der Waals surface area contributed by atoms with E-state index in [0.29, 0.717) is 0 Å². The van der Waals surface area contributed by atoms with Crippen molar-refractivity contribution in [2.24, 2.45) is 5.73 Å². The number of hydrogen-bond donors (Lipinski definition) is 1. The van der Waals surface area contributed by atoms with Crippen LogP contribution in [0.3, 0.4) is 0 Å². The Morgan fingerprint density at radius 2 is 1.75 bits per heavy atom. The highest BCUT2D eigenvalue weighted by Crippen LogP contribution is 2.30. The van der Waals surface area contributed by atoms with E-state index in [1.54, 1.807) is 14.2 Å². The van der Waals surface area contributed by atoms with Crippen LogP contribution in [0.1, 0.15) is 24.5 Å². The van der Waals surface area contributed by atoms with Crippen molar-refractivity contribution in [2.45, 2.75) is 32.7 Å². The topological polar surface area (TPSA) is 44.5 Å². The first kappa shape index (κ1) is 12.8. The lowest BCUT2D eigenvalue weighted by atomic mass is 10.0. The molecule has 0 aliphatic rings. The van der Waals surface area contributed by atoms with E-state index in [-0.39, 0.29) is 6.04 Å². The molecule has 0 aromatic heterocycles. The molecule has 0 bridgehead atoms. The van der Waals surface area contributed by atoms with Gasteiger partial charge in [-0.15, -0.1) is 0 Å². The summed E-state index contributed by atoms with van der Waals surface area (Å²) in [6, 6.07) is 4.28. The summed E-state index contributed by atoms with van der Waals surface area (Å²) in [6.07, 6.45) is 1.96. The van der Waals surface area contributed by atoms with Crippen LogP contribution in [0.2, 0.25) is 0 Å². The average molecular weight is 223 g/mol. The van der Waals surface area contributed by atoms with Crippen LogP contribution in [-0.4, -0.2) is 20.3 Å². The Balaban J connectivity index is 2.92. The maximum atomic E-state index is 5.76. The molecule has 2 N–H and O–H groups in total. The normalized spacial score (nSPS) is 12.3. The molecule has 16 heavy (non-hydrogen) atoms. The molecule has 0 aliphatic heterocycles. The van der Waals surface area contributed by atoms with Gasteiger partial charge in [0.2, 0.25) is 0 Å². The van der Waals surface area contributed by atoms with Crippen LogP contribution in [0, 0.1) is 6.92 Å². The molecule has 1 rings (SSSR count). The predicted octanol–water partition coefficient (Wildman–Crippen LogP) is 2.29. The monoisotopic (exact) mass is 223 g/mol. The second-order valence-corrected chi connectivity index (χ2v) is 4.15. The SMILES string of the molecule is COc1cc(C)c(CCC(C)N)cc1OC. The van der Waals surface area contributed by atoms with Crippen LogP contribution < -0.4 is 15.2 Å². The van der Waals surface area contributed by atoms with Crippen LogP contribution in [0.5, 0.6) is 11.5 Å². The van der Waals surface area contributed by atoms with Gasteiger partial charge in [0, 0.05) is 6.04 Å². The Morgan fingerprint density at radius 1 is 1.19 bits per heavy atom. The van der Waals surface area contributed by atoms with E-state index in [1.165, 1.54) is 11.1 Å². The zero-order valence-corrected chi connectivity index (χ0v) is 10.5. The van der Waals surface area contributed by atoms with Crippen LogP contribution in [0.4, 0.5) is 0 Å². The molecule has 0 heterocycles. The van der Waals surface area contributed by atoms with Gasteiger partial charge in [0.05, 0.1) is 14.2 Å². The third-order valence-corrected chi connectivity index (χ3v) is 2.71. The predicted molar refractivity (Wildman–Crippen MR) is 66.3 cm³/mol. The molecular formula is C13H21NO2. The molecule has 0 saturated heterocycles.